The molecule has 2 heterocycles. The number of para-hydroxylation sites is 1. The summed E-state index contributed by atoms with van der Waals surface area (Å²) >= 11 is 1.47. The lowest BCUT2D eigenvalue weighted by molar-refractivity contribution is 0.00706. The quantitative estimate of drug-likeness (QED) is 0.832. The van der Waals surface area contributed by atoms with Crippen LogP contribution < -0.4 is 4.74 Å². The van der Waals surface area contributed by atoms with Crippen LogP contribution in [0.15, 0.2) is 29.6 Å². The van der Waals surface area contributed by atoms with Crippen molar-refractivity contribution in [2.45, 2.75) is 25.9 Å². The molecule has 1 aromatic carbocycles. The molecule has 2 aromatic rings. The van der Waals surface area contributed by atoms with Gasteiger partial charge in [0.2, 0.25) is 0 Å². The van der Waals surface area contributed by atoms with Crippen LogP contribution in [-0.4, -0.2) is 48.7 Å². The average Bonchev–Trinajstić information content (AvgIpc) is 3.11. The number of carbonyl (C=O) groups is 1. The SMILES string of the molecule is CCO[C@H]1CCCN(C(=O)c2csc(-c3ccccc3OC)n2)C1. The molecule has 0 saturated carbocycles. The molecule has 1 aliphatic rings. The monoisotopic (exact) mass is 346 g/mol. The third-order valence-electron chi connectivity index (χ3n) is 4.13. The maximum absolute atomic E-state index is 12.7. The van der Waals surface area contributed by atoms with Crippen LogP contribution in [0.2, 0.25) is 0 Å². The molecule has 0 radical (unpaired) electrons. The maximum Gasteiger partial charge on any atom is 0.273 e. The second kappa shape index (κ2) is 7.77. The fraction of sp³-hybridized carbons (Fsp3) is 0.444. The van der Waals surface area contributed by atoms with Gasteiger partial charge in [0, 0.05) is 25.1 Å². The molecule has 1 amide bonds. The first-order chi connectivity index (χ1) is 11.7. The van der Waals surface area contributed by atoms with Gasteiger partial charge in [0.1, 0.15) is 16.5 Å². The minimum Gasteiger partial charge on any atom is -0.496 e. The molecule has 0 aliphatic carbocycles. The third-order valence-corrected chi connectivity index (χ3v) is 5.00. The third kappa shape index (κ3) is 3.60. The van der Waals surface area contributed by atoms with E-state index in [1.807, 2.05) is 41.5 Å². The zero-order valence-corrected chi connectivity index (χ0v) is 14.8. The Morgan fingerprint density at radius 2 is 2.25 bits per heavy atom. The van der Waals surface area contributed by atoms with Crippen molar-refractivity contribution in [3.8, 4) is 16.3 Å². The van der Waals surface area contributed by atoms with Crippen molar-refractivity contribution in [3.05, 3.63) is 35.3 Å². The number of hydrogen-bond acceptors (Lipinski definition) is 5. The van der Waals surface area contributed by atoms with Crippen LogP contribution in [-0.2, 0) is 4.74 Å². The molecule has 3 rings (SSSR count). The van der Waals surface area contributed by atoms with E-state index in [4.69, 9.17) is 9.47 Å². The highest BCUT2D eigenvalue weighted by molar-refractivity contribution is 7.13. The van der Waals surface area contributed by atoms with Crippen molar-refractivity contribution in [2.24, 2.45) is 0 Å². The standard InChI is InChI=1S/C18H22N2O3S/c1-3-23-13-7-6-10-20(11-13)18(21)15-12-24-17(19-15)14-8-4-5-9-16(14)22-2/h4-5,8-9,12-13H,3,6-7,10-11H2,1-2H3/t13-/m0/s1. The van der Waals surface area contributed by atoms with E-state index in [-0.39, 0.29) is 12.0 Å². The molecule has 1 atom stereocenters. The normalized spacial score (nSPS) is 17.8. The summed E-state index contributed by atoms with van der Waals surface area (Å²) in [5.74, 6) is 0.747. The fourth-order valence-corrected chi connectivity index (χ4v) is 3.80. The van der Waals surface area contributed by atoms with Crippen LogP contribution in [0.4, 0.5) is 0 Å². The number of benzene rings is 1. The summed E-state index contributed by atoms with van der Waals surface area (Å²) in [6.45, 7) is 4.08. The van der Waals surface area contributed by atoms with E-state index in [2.05, 4.69) is 4.98 Å². The molecule has 0 unspecified atom stereocenters. The van der Waals surface area contributed by atoms with Gasteiger partial charge in [0.25, 0.3) is 5.91 Å². The lowest BCUT2D eigenvalue weighted by Gasteiger charge is -2.32. The van der Waals surface area contributed by atoms with Crippen molar-refractivity contribution >= 4 is 17.2 Å². The smallest absolute Gasteiger partial charge is 0.273 e. The Balaban J connectivity index is 1.76. The molecule has 1 aromatic heterocycles. The van der Waals surface area contributed by atoms with E-state index in [1.165, 1.54) is 11.3 Å². The van der Waals surface area contributed by atoms with Crippen LogP contribution in [0.5, 0.6) is 5.75 Å². The molecule has 6 heteroatoms. The predicted molar refractivity (Wildman–Crippen MR) is 94.7 cm³/mol. The topological polar surface area (TPSA) is 51.7 Å². The van der Waals surface area contributed by atoms with Crippen molar-refractivity contribution in [1.82, 2.24) is 9.88 Å². The molecular formula is C18H22N2O3S. The zero-order valence-electron chi connectivity index (χ0n) is 14.0. The first-order valence-corrected chi connectivity index (χ1v) is 9.10. The van der Waals surface area contributed by atoms with E-state index < -0.39 is 0 Å². The number of carbonyl (C=O) groups excluding carboxylic acids is 1. The van der Waals surface area contributed by atoms with Gasteiger partial charge in [-0.2, -0.15) is 0 Å². The highest BCUT2D eigenvalue weighted by atomic mass is 32.1. The number of thiazole rings is 1. The van der Waals surface area contributed by atoms with E-state index in [9.17, 15) is 4.79 Å². The Labute approximate surface area is 146 Å². The van der Waals surface area contributed by atoms with Crippen molar-refractivity contribution in [2.75, 3.05) is 26.8 Å². The highest BCUT2D eigenvalue weighted by Crippen LogP contribution is 2.32. The Hall–Kier alpha value is -1.92. The van der Waals surface area contributed by atoms with Crippen molar-refractivity contribution in [3.63, 3.8) is 0 Å². The number of methoxy groups -OCH3 is 1. The number of nitrogens with zero attached hydrogens (tertiary/aromatic N) is 2. The highest BCUT2D eigenvalue weighted by Gasteiger charge is 2.26. The summed E-state index contributed by atoms with van der Waals surface area (Å²) in [5, 5.41) is 2.63. The first kappa shape index (κ1) is 16.9. The molecule has 1 aliphatic heterocycles. The molecule has 24 heavy (non-hydrogen) atoms. The summed E-state index contributed by atoms with van der Waals surface area (Å²) < 4.78 is 11.1. The van der Waals surface area contributed by atoms with Crippen LogP contribution in [0, 0.1) is 0 Å². The van der Waals surface area contributed by atoms with Gasteiger partial charge in [-0.05, 0) is 31.9 Å². The van der Waals surface area contributed by atoms with Crippen LogP contribution in [0.1, 0.15) is 30.3 Å². The van der Waals surface area contributed by atoms with Gasteiger partial charge < -0.3 is 14.4 Å². The Kier molecular flexibility index (Phi) is 5.48. The van der Waals surface area contributed by atoms with E-state index in [0.717, 1.165) is 35.7 Å². The molecule has 128 valence electrons. The van der Waals surface area contributed by atoms with Gasteiger partial charge in [-0.1, -0.05) is 12.1 Å². The van der Waals surface area contributed by atoms with E-state index in [0.29, 0.717) is 18.8 Å². The first-order valence-electron chi connectivity index (χ1n) is 8.22. The van der Waals surface area contributed by atoms with Gasteiger partial charge in [-0.3, -0.25) is 4.79 Å². The van der Waals surface area contributed by atoms with Gasteiger partial charge >= 0.3 is 0 Å². The van der Waals surface area contributed by atoms with Crippen LogP contribution in [0.25, 0.3) is 10.6 Å². The molecule has 0 bridgehead atoms. The average molecular weight is 346 g/mol. The lowest BCUT2D eigenvalue weighted by atomic mass is 10.1. The second-order valence-electron chi connectivity index (χ2n) is 5.71. The van der Waals surface area contributed by atoms with Gasteiger partial charge in [0.15, 0.2) is 0 Å². The largest absolute Gasteiger partial charge is 0.496 e. The minimum atomic E-state index is -0.0169. The predicted octanol–water partition coefficient (Wildman–Crippen LogP) is 3.46. The summed E-state index contributed by atoms with van der Waals surface area (Å²) in [5.41, 5.74) is 1.41. The number of amides is 1. The second-order valence-corrected chi connectivity index (χ2v) is 6.57. The minimum absolute atomic E-state index is 0.0169. The summed E-state index contributed by atoms with van der Waals surface area (Å²) in [6.07, 6.45) is 2.13. The summed E-state index contributed by atoms with van der Waals surface area (Å²) in [6, 6.07) is 7.72. The van der Waals surface area contributed by atoms with Gasteiger partial charge in [-0.15, -0.1) is 11.3 Å². The number of hydrogen-bond donors (Lipinski definition) is 0. The number of aromatic nitrogens is 1. The number of piperidine rings is 1. The van der Waals surface area contributed by atoms with Crippen molar-refractivity contribution in [1.29, 1.82) is 0 Å². The molecule has 5 nitrogen and oxygen atoms in total. The van der Waals surface area contributed by atoms with Crippen LogP contribution in [0.3, 0.4) is 0 Å². The molecule has 1 saturated heterocycles. The van der Waals surface area contributed by atoms with Gasteiger partial charge in [0.05, 0.1) is 18.8 Å². The van der Waals surface area contributed by atoms with E-state index >= 15 is 0 Å². The maximum atomic E-state index is 12.7. The van der Waals surface area contributed by atoms with E-state index in [1.54, 1.807) is 7.11 Å². The molecule has 0 spiro atoms. The lowest BCUT2D eigenvalue weighted by Crippen LogP contribution is -2.43. The number of rotatable bonds is 5. The zero-order chi connectivity index (χ0) is 16.9. The fourth-order valence-electron chi connectivity index (χ4n) is 2.97. The summed E-state index contributed by atoms with van der Waals surface area (Å²) in [7, 11) is 1.64. The number of ether oxygens (including phenoxy) is 2. The molecule has 0 N–H and O–H groups in total. The summed E-state index contributed by atoms with van der Waals surface area (Å²) in [4.78, 5) is 19.1. The van der Waals surface area contributed by atoms with Crippen molar-refractivity contribution < 1.29 is 14.3 Å². The Morgan fingerprint density at radius 3 is 3.04 bits per heavy atom. The Bertz CT molecular complexity index is 699. The molecule has 1 fully saturated rings. The molecular weight excluding hydrogens is 324 g/mol. The van der Waals surface area contributed by atoms with Crippen LogP contribution >= 0.6 is 11.3 Å². The number of likely N-dealkylation sites (tertiary alicyclic amines) is 1. The Morgan fingerprint density at radius 1 is 1.42 bits per heavy atom. The van der Waals surface area contributed by atoms with Gasteiger partial charge in [-0.25, -0.2) is 4.98 Å².